The molecule has 4 rings (SSSR count). The summed E-state index contributed by atoms with van der Waals surface area (Å²) in [4.78, 5) is 25.9. The Hall–Kier alpha value is -3.37. The van der Waals surface area contributed by atoms with Gasteiger partial charge in [-0.3, -0.25) is 4.79 Å². The lowest BCUT2D eigenvalue weighted by molar-refractivity contribution is 0.0735. The summed E-state index contributed by atoms with van der Waals surface area (Å²) in [5.41, 5.74) is 2.69. The summed E-state index contributed by atoms with van der Waals surface area (Å²) >= 11 is 6.51. The molecule has 156 valence electrons. The highest BCUT2D eigenvalue weighted by molar-refractivity contribution is 6.35. The highest BCUT2D eigenvalue weighted by Crippen LogP contribution is 2.41. The molecule has 0 aliphatic rings. The molecule has 0 atom stereocenters. The van der Waals surface area contributed by atoms with Crippen LogP contribution < -0.4 is 4.74 Å². The fraction of sp³-hybridized carbons (Fsp3) is 0.154. The molecule has 0 bridgehead atoms. The molecule has 5 heteroatoms. The normalized spacial score (nSPS) is 10.9. The van der Waals surface area contributed by atoms with E-state index in [9.17, 15) is 9.59 Å². The number of carbonyl (C=O) groups is 2. The average Bonchev–Trinajstić information content (AvgIpc) is 3.15. The molecule has 0 radical (unpaired) electrons. The van der Waals surface area contributed by atoms with Gasteiger partial charge in [-0.1, -0.05) is 73.5 Å². The molecular weight excluding hydrogens is 412 g/mol. The van der Waals surface area contributed by atoms with Crippen molar-refractivity contribution in [3.63, 3.8) is 0 Å². The summed E-state index contributed by atoms with van der Waals surface area (Å²) < 4.78 is 11.8. The topological polar surface area (TPSA) is 56.5 Å². The molecule has 0 aliphatic heterocycles. The zero-order chi connectivity index (χ0) is 22.0. The summed E-state index contributed by atoms with van der Waals surface area (Å²) in [6.45, 7) is 3.82. The number of rotatable bonds is 6. The number of fused-ring (bicyclic) bond motifs is 1. The molecule has 0 saturated carbocycles. The lowest BCUT2D eigenvalue weighted by Crippen LogP contribution is -2.10. The van der Waals surface area contributed by atoms with Crippen molar-refractivity contribution in [3.8, 4) is 5.75 Å². The Labute approximate surface area is 185 Å². The van der Waals surface area contributed by atoms with E-state index in [0.29, 0.717) is 44.9 Å². The second-order valence-corrected chi connectivity index (χ2v) is 7.71. The van der Waals surface area contributed by atoms with Gasteiger partial charge in [-0.25, -0.2) is 4.79 Å². The van der Waals surface area contributed by atoms with E-state index >= 15 is 0 Å². The molecule has 1 aromatic heterocycles. The van der Waals surface area contributed by atoms with E-state index < -0.39 is 5.97 Å². The largest absolute Gasteiger partial charge is 0.451 e. The molecule has 0 saturated heterocycles. The summed E-state index contributed by atoms with van der Waals surface area (Å²) in [6.07, 6.45) is 1.50. The molecule has 31 heavy (non-hydrogen) atoms. The van der Waals surface area contributed by atoms with Gasteiger partial charge in [-0.05, 0) is 37.1 Å². The van der Waals surface area contributed by atoms with Crippen LogP contribution in [0.25, 0.3) is 11.0 Å². The molecule has 3 aromatic carbocycles. The fourth-order valence-corrected chi connectivity index (χ4v) is 3.90. The third kappa shape index (κ3) is 3.99. The monoisotopic (exact) mass is 432 g/mol. The van der Waals surface area contributed by atoms with Crippen molar-refractivity contribution >= 4 is 34.3 Å². The molecule has 0 amide bonds. The standard InChI is InChI=1S/C26H21ClO4/c1-3-10-19-15-20(27)25-21(24(19)31-26(29)18-13-8-5-9-14-18)16(2)23(30-25)22(28)17-11-6-4-7-12-17/h4-9,11-15H,3,10H2,1-2H3. The van der Waals surface area contributed by atoms with Gasteiger partial charge in [0.1, 0.15) is 5.75 Å². The lowest BCUT2D eigenvalue weighted by atomic mass is 10.0. The van der Waals surface area contributed by atoms with Gasteiger partial charge in [0.15, 0.2) is 11.3 Å². The summed E-state index contributed by atoms with van der Waals surface area (Å²) in [6, 6.07) is 19.4. The first-order valence-electron chi connectivity index (χ1n) is 10.1. The Morgan fingerprint density at radius 3 is 2.19 bits per heavy atom. The van der Waals surface area contributed by atoms with Crippen LogP contribution in [0.4, 0.5) is 0 Å². The number of halogens is 1. The molecule has 0 N–H and O–H groups in total. The van der Waals surface area contributed by atoms with Crippen LogP contribution in [0.3, 0.4) is 0 Å². The van der Waals surface area contributed by atoms with Crippen molar-refractivity contribution in [2.75, 3.05) is 0 Å². The first kappa shape index (κ1) is 20.9. The van der Waals surface area contributed by atoms with Crippen molar-refractivity contribution in [1.82, 2.24) is 0 Å². The maximum Gasteiger partial charge on any atom is 0.343 e. The van der Waals surface area contributed by atoms with Crippen LogP contribution >= 0.6 is 11.6 Å². The maximum absolute atomic E-state index is 13.1. The van der Waals surface area contributed by atoms with Crippen LogP contribution in [0, 0.1) is 6.92 Å². The Morgan fingerprint density at radius 1 is 0.968 bits per heavy atom. The van der Waals surface area contributed by atoms with Gasteiger partial charge in [0.05, 0.1) is 16.0 Å². The highest BCUT2D eigenvalue weighted by atomic mass is 35.5. The zero-order valence-corrected chi connectivity index (χ0v) is 18.0. The molecular formula is C26H21ClO4. The van der Waals surface area contributed by atoms with E-state index in [2.05, 4.69) is 0 Å². The Kier molecular flexibility index (Phi) is 5.92. The molecule has 0 spiro atoms. The first-order valence-corrected chi connectivity index (χ1v) is 10.5. The third-order valence-corrected chi connectivity index (χ3v) is 5.43. The molecule has 0 fully saturated rings. The predicted molar refractivity (Wildman–Crippen MR) is 121 cm³/mol. The molecule has 4 aromatic rings. The number of aryl methyl sites for hydroxylation is 2. The van der Waals surface area contributed by atoms with E-state index in [0.717, 1.165) is 12.0 Å². The molecule has 4 nitrogen and oxygen atoms in total. The second-order valence-electron chi connectivity index (χ2n) is 7.31. The van der Waals surface area contributed by atoms with Crippen molar-refractivity contribution in [1.29, 1.82) is 0 Å². The SMILES string of the molecule is CCCc1cc(Cl)c2oc(C(=O)c3ccccc3)c(C)c2c1OC(=O)c1ccccc1. The van der Waals surface area contributed by atoms with Crippen LogP contribution in [0.15, 0.2) is 71.1 Å². The van der Waals surface area contributed by atoms with E-state index in [4.69, 9.17) is 20.8 Å². The Bertz CT molecular complexity index is 1260. The van der Waals surface area contributed by atoms with Gasteiger partial charge < -0.3 is 9.15 Å². The van der Waals surface area contributed by atoms with Crippen LogP contribution in [0.5, 0.6) is 5.75 Å². The second kappa shape index (κ2) is 8.78. The van der Waals surface area contributed by atoms with E-state index in [1.54, 1.807) is 61.5 Å². The van der Waals surface area contributed by atoms with E-state index in [1.165, 1.54) is 0 Å². The highest BCUT2D eigenvalue weighted by Gasteiger charge is 2.26. The number of furan rings is 1. The summed E-state index contributed by atoms with van der Waals surface area (Å²) in [5.74, 6) is -0.141. The van der Waals surface area contributed by atoms with Gasteiger partial charge in [-0.15, -0.1) is 0 Å². The van der Waals surface area contributed by atoms with Crippen LogP contribution in [-0.2, 0) is 6.42 Å². The number of hydrogen-bond donors (Lipinski definition) is 0. The maximum atomic E-state index is 13.1. The lowest BCUT2D eigenvalue weighted by Gasteiger charge is -2.12. The van der Waals surface area contributed by atoms with Crippen LogP contribution in [0.1, 0.15) is 50.9 Å². The number of ketones is 1. The van der Waals surface area contributed by atoms with Crippen LogP contribution in [-0.4, -0.2) is 11.8 Å². The van der Waals surface area contributed by atoms with Gasteiger partial charge in [0.25, 0.3) is 0 Å². The minimum atomic E-state index is -0.474. The summed E-state index contributed by atoms with van der Waals surface area (Å²) in [5, 5.41) is 0.938. The fourth-order valence-electron chi connectivity index (χ4n) is 3.63. The Balaban J connectivity index is 1.88. The number of benzene rings is 3. The van der Waals surface area contributed by atoms with Crippen molar-refractivity contribution in [3.05, 3.63) is 99.8 Å². The van der Waals surface area contributed by atoms with Gasteiger partial charge >= 0.3 is 5.97 Å². The number of esters is 1. The van der Waals surface area contributed by atoms with Gasteiger partial charge in [-0.2, -0.15) is 0 Å². The number of ether oxygens (including phenoxy) is 1. The zero-order valence-electron chi connectivity index (χ0n) is 17.3. The van der Waals surface area contributed by atoms with Gasteiger partial charge in [0, 0.05) is 11.1 Å². The van der Waals surface area contributed by atoms with E-state index in [1.807, 2.05) is 19.1 Å². The van der Waals surface area contributed by atoms with Crippen molar-refractivity contribution < 1.29 is 18.7 Å². The predicted octanol–water partition coefficient (Wildman–Crippen LogP) is 6.80. The molecule has 1 heterocycles. The quantitative estimate of drug-likeness (QED) is 0.191. The number of carbonyl (C=O) groups excluding carboxylic acids is 2. The van der Waals surface area contributed by atoms with Crippen LogP contribution in [0.2, 0.25) is 5.02 Å². The minimum Gasteiger partial charge on any atom is -0.451 e. The third-order valence-electron chi connectivity index (χ3n) is 5.15. The van der Waals surface area contributed by atoms with Gasteiger partial charge in [0.2, 0.25) is 5.78 Å². The minimum absolute atomic E-state index is 0.189. The molecule has 0 aliphatic carbocycles. The summed E-state index contributed by atoms with van der Waals surface area (Å²) in [7, 11) is 0. The smallest absolute Gasteiger partial charge is 0.343 e. The average molecular weight is 433 g/mol. The van der Waals surface area contributed by atoms with Crippen molar-refractivity contribution in [2.24, 2.45) is 0 Å². The first-order chi connectivity index (χ1) is 15.0. The van der Waals surface area contributed by atoms with E-state index in [-0.39, 0.29) is 11.5 Å². The molecule has 0 unspecified atom stereocenters. The number of hydrogen-bond acceptors (Lipinski definition) is 4. The van der Waals surface area contributed by atoms with Crippen molar-refractivity contribution in [2.45, 2.75) is 26.7 Å². The Morgan fingerprint density at radius 2 is 1.58 bits per heavy atom.